The Morgan fingerprint density at radius 1 is 1.39 bits per heavy atom. The molecule has 0 saturated carbocycles. The predicted molar refractivity (Wildman–Crippen MR) is 76.8 cm³/mol. The minimum Gasteiger partial charge on any atom is -0.369 e. The Labute approximate surface area is 117 Å². The fraction of sp³-hybridized carbons (Fsp3) is 0.909. The maximum absolute atomic E-state index is 11.3. The fourth-order valence-corrected chi connectivity index (χ4v) is 3.87. The zero-order chi connectivity index (χ0) is 13.1. The topological polar surface area (TPSA) is 59.6 Å². The first-order valence-electron chi connectivity index (χ1n) is 6.22. The lowest BCUT2D eigenvalue weighted by molar-refractivity contribution is -0.126. The van der Waals surface area contributed by atoms with Crippen LogP contribution in [0.5, 0.6) is 0 Å². The van der Waals surface area contributed by atoms with Crippen LogP contribution in [0.4, 0.5) is 0 Å². The number of hydrogen-bond acceptors (Lipinski definition) is 6. The maximum atomic E-state index is 11.3. The van der Waals surface area contributed by atoms with Gasteiger partial charge >= 0.3 is 0 Å². The molecular formula is C11H22N2O3S2. The van der Waals surface area contributed by atoms with Crippen molar-refractivity contribution in [1.82, 2.24) is 10.6 Å². The van der Waals surface area contributed by atoms with E-state index in [0.29, 0.717) is 19.8 Å². The van der Waals surface area contributed by atoms with Gasteiger partial charge in [-0.1, -0.05) is 21.6 Å². The molecule has 1 atom stereocenters. The molecule has 0 aromatic carbocycles. The first-order valence-corrected chi connectivity index (χ1v) is 8.60. The zero-order valence-corrected chi connectivity index (χ0v) is 12.4. The lowest BCUT2D eigenvalue weighted by Crippen LogP contribution is -2.33. The number of nitrogens with one attached hydrogen (secondary N) is 2. The molecule has 0 aromatic rings. The van der Waals surface area contributed by atoms with Gasteiger partial charge in [-0.3, -0.25) is 4.79 Å². The molecule has 0 aromatic heterocycles. The summed E-state index contributed by atoms with van der Waals surface area (Å²) in [7, 11) is 5.51. The van der Waals surface area contributed by atoms with Crippen molar-refractivity contribution in [3.05, 3.63) is 0 Å². The molecule has 0 bridgehead atoms. The highest BCUT2D eigenvalue weighted by atomic mass is 33.1. The van der Waals surface area contributed by atoms with E-state index in [2.05, 4.69) is 10.6 Å². The van der Waals surface area contributed by atoms with Gasteiger partial charge in [-0.2, -0.15) is 0 Å². The molecule has 2 N–H and O–H groups in total. The largest absolute Gasteiger partial charge is 0.369 e. The van der Waals surface area contributed by atoms with E-state index in [1.165, 1.54) is 12.2 Å². The zero-order valence-electron chi connectivity index (χ0n) is 10.8. The molecule has 0 spiro atoms. The summed E-state index contributed by atoms with van der Waals surface area (Å²) in [6.45, 7) is 2.54. The lowest BCUT2D eigenvalue weighted by atomic mass is 10.3. The Balaban J connectivity index is 1.86. The van der Waals surface area contributed by atoms with E-state index in [1.807, 2.05) is 17.8 Å². The molecule has 1 saturated heterocycles. The van der Waals surface area contributed by atoms with Gasteiger partial charge in [-0.25, -0.2) is 0 Å². The van der Waals surface area contributed by atoms with Crippen LogP contribution in [0.2, 0.25) is 0 Å². The van der Waals surface area contributed by atoms with E-state index >= 15 is 0 Å². The average molecular weight is 294 g/mol. The molecule has 1 unspecified atom stereocenters. The Hall–Kier alpha value is 0.0500. The van der Waals surface area contributed by atoms with Crippen molar-refractivity contribution < 1.29 is 14.3 Å². The highest BCUT2D eigenvalue weighted by molar-refractivity contribution is 8.77. The van der Waals surface area contributed by atoms with Gasteiger partial charge in [0.05, 0.1) is 13.2 Å². The van der Waals surface area contributed by atoms with Gasteiger partial charge in [-0.15, -0.1) is 0 Å². The molecular weight excluding hydrogens is 272 g/mol. The van der Waals surface area contributed by atoms with Crippen LogP contribution in [-0.4, -0.2) is 57.1 Å². The van der Waals surface area contributed by atoms with E-state index in [0.717, 1.165) is 13.0 Å². The van der Waals surface area contributed by atoms with Gasteiger partial charge in [-0.05, 0) is 19.9 Å². The van der Waals surface area contributed by atoms with Crippen molar-refractivity contribution in [1.29, 1.82) is 0 Å². The Morgan fingerprint density at radius 3 is 3.00 bits per heavy atom. The second kappa shape index (κ2) is 10.9. The SMILES string of the molecule is CNCCNC(=O)COCCOC1CCCSS1. The molecule has 106 valence electrons. The molecule has 1 aliphatic heterocycles. The van der Waals surface area contributed by atoms with Gasteiger partial charge < -0.3 is 20.1 Å². The highest BCUT2D eigenvalue weighted by Crippen LogP contribution is 2.35. The minimum atomic E-state index is -0.0761. The van der Waals surface area contributed by atoms with Crippen molar-refractivity contribution in [3.63, 3.8) is 0 Å². The first-order chi connectivity index (χ1) is 8.83. The van der Waals surface area contributed by atoms with Gasteiger partial charge in [0, 0.05) is 18.8 Å². The van der Waals surface area contributed by atoms with E-state index in [1.54, 1.807) is 10.8 Å². The molecule has 1 aliphatic rings. The Kier molecular flexibility index (Phi) is 9.78. The minimum absolute atomic E-state index is 0.0761. The van der Waals surface area contributed by atoms with E-state index < -0.39 is 0 Å². The van der Waals surface area contributed by atoms with Crippen molar-refractivity contribution in [2.75, 3.05) is 45.7 Å². The quantitative estimate of drug-likeness (QED) is 0.486. The van der Waals surface area contributed by atoms with Crippen molar-refractivity contribution in [3.8, 4) is 0 Å². The van der Waals surface area contributed by atoms with Crippen LogP contribution in [0.15, 0.2) is 0 Å². The third-order valence-corrected chi connectivity index (χ3v) is 5.03. The van der Waals surface area contributed by atoms with Crippen LogP contribution in [0.25, 0.3) is 0 Å². The van der Waals surface area contributed by atoms with Crippen LogP contribution < -0.4 is 10.6 Å². The molecule has 1 rings (SSSR count). The third kappa shape index (κ3) is 8.20. The smallest absolute Gasteiger partial charge is 0.246 e. The van der Waals surface area contributed by atoms with Crippen molar-refractivity contribution in [2.24, 2.45) is 0 Å². The number of carbonyl (C=O) groups excluding carboxylic acids is 1. The van der Waals surface area contributed by atoms with Crippen LogP contribution in [-0.2, 0) is 14.3 Å². The third-order valence-electron chi connectivity index (χ3n) is 2.30. The first kappa shape index (κ1) is 16.1. The molecule has 0 aliphatic carbocycles. The van der Waals surface area contributed by atoms with Gasteiger partial charge in [0.1, 0.15) is 12.0 Å². The second-order valence-electron chi connectivity index (χ2n) is 3.87. The van der Waals surface area contributed by atoms with E-state index in [-0.39, 0.29) is 18.0 Å². The van der Waals surface area contributed by atoms with Crippen molar-refractivity contribution in [2.45, 2.75) is 18.3 Å². The monoisotopic (exact) mass is 294 g/mol. The summed E-state index contributed by atoms with van der Waals surface area (Å²) in [6.07, 6.45) is 2.33. The number of hydrogen-bond donors (Lipinski definition) is 2. The Bertz CT molecular complexity index is 226. The molecule has 1 amide bonds. The predicted octanol–water partition coefficient (Wildman–Crippen LogP) is 0.857. The summed E-state index contributed by atoms with van der Waals surface area (Å²) in [5, 5.41) is 5.71. The number of amides is 1. The second-order valence-corrected chi connectivity index (χ2v) is 6.51. The summed E-state index contributed by atoms with van der Waals surface area (Å²) >= 11 is 0. The van der Waals surface area contributed by atoms with Crippen LogP contribution >= 0.6 is 21.6 Å². The number of carbonyl (C=O) groups is 1. The molecule has 1 fully saturated rings. The van der Waals surface area contributed by atoms with Crippen LogP contribution in [0, 0.1) is 0 Å². The number of rotatable bonds is 9. The Morgan fingerprint density at radius 2 is 2.28 bits per heavy atom. The molecule has 1 heterocycles. The molecule has 0 radical (unpaired) electrons. The normalized spacial score (nSPS) is 19.7. The highest BCUT2D eigenvalue weighted by Gasteiger charge is 2.14. The van der Waals surface area contributed by atoms with Crippen molar-refractivity contribution >= 4 is 27.5 Å². The summed E-state index contributed by atoms with van der Waals surface area (Å²) in [5.74, 6) is 1.14. The lowest BCUT2D eigenvalue weighted by Gasteiger charge is -2.20. The maximum Gasteiger partial charge on any atom is 0.246 e. The van der Waals surface area contributed by atoms with E-state index in [4.69, 9.17) is 9.47 Å². The summed E-state index contributed by atoms with van der Waals surface area (Å²) < 4.78 is 10.9. The van der Waals surface area contributed by atoms with Gasteiger partial charge in [0.15, 0.2) is 0 Å². The molecule has 18 heavy (non-hydrogen) atoms. The number of ether oxygens (including phenoxy) is 2. The van der Waals surface area contributed by atoms with Crippen LogP contribution in [0.1, 0.15) is 12.8 Å². The van der Waals surface area contributed by atoms with Gasteiger partial charge in [0.2, 0.25) is 5.91 Å². The summed E-state index contributed by atoms with van der Waals surface area (Å²) in [4.78, 5) is 11.3. The number of likely N-dealkylation sites (N-methyl/N-ethyl adjacent to an activating group) is 1. The average Bonchev–Trinajstić information content (AvgIpc) is 2.40. The molecule has 5 nitrogen and oxygen atoms in total. The van der Waals surface area contributed by atoms with Crippen LogP contribution in [0.3, 0.4) is 0 Å². The van der Waals surface area contributed by atoms with Gasteiger partial charge in [0.25, 0.3) is 0 Å². The standard InChI is InChI=1S/C11H22N2O3S2/c1-12-4-5-13-10(14)9-15-6-7-16-11-3-2-8-17-18-11/h11-12H,2-9H2,1H3,(H,13,14). The fourth-order valence-electron chi connectivity index (χ4n) is 1.37. The van der Waals surface area contributed by atoms with E-state index in [9.17, 15) is 4.79 Å². The molecule has 7 heteroatoms. The summed E-state index contributed by atoms with van der Waals surface area (Å²) in [5.41, 5.74) is 0.289. The summed E-state index contributed by atoms with van der Waals surface area (Å²) in [6, 6.07) is 0.